The van der Waals surface area contributed by atoms with Gasteiger partial charge in [0.15, 0.2) is 5.69 Å². The molecule has 1 aromatic heterocycles. The number of carbonyl (C=O) groups is 2. The molecule has 1 heterocycles. The predicted molar refractivity (Wildman–Crippen MR) is 133 cm³/mol. The number of hydrogen-bond donors (Lipinski definition) is 3. The quantitative estimate of drug-likeness (QED) is 0.333. The molecule has 0 fully saturated rings. The maximum absolute atomic E-state index is 12.4. The van der Waals surface area contributed by atoms with Gasteiger partial charge in [0.2, 0.25) is 0 Å². The number of pyridine rings is 1. The van der Waals surface area contributed by atoms with E-state index in [1.165, 1.54) is 26.1 Å². The van der Waals surface area contributed by atoms with Gasteiger partial charge >= 0.3 is 5.97 Å². The van der Waals surface area contributed by atoms with E-state index >= 15 is 0 Å². The number of aromatic hydroxyl groups is 1. The molecule has 178 valence electrons. The standard InChI is InChI=1S/C28H26N2O5/c1-28(2,27(33)34)17-30-26(32)25-23(31)14-21(15-29-25)20-10-5-7-18(13-20)16-35-24-12-6-9-19-8-3-4-11-22(19)24/h3-15,31H,16-17H2,1-2H3,(H,30,32)(H,33,34). The van der Waals surface area contributed by atoms with Crippen LogP contribution in [0.4, 0.5) is 0 Å². The lowest BCUT2D eigenvalue weighted by Gasteiger charge is -2.19. The number of benzene rings is 3. The summed E-state index contributed by atoms with van der Waals surface area (Å²) >= 11 is 0. The predicted octanol–water partition coefficient (Wildman–Crippen LogP) is 5.03. The Balaban J connectivity index is 1.47. The fourth-order valence-corrected chi connectivity index (χ4v) is 3.57. The highest BCUT2D eigenvalue weighted by molar-refractivity contribution is 5.95. The Labute approximate surface area is 203 Å². The van der Waals surface area contributed by atoms with Crippen LogP contribution in [-0.2, 0) is 11.4 Å². The summed E-state index contributed by atoms with van der Waals surface area (Å²) in [5, 5.41) is 24.3. The Bertz CT molecular complexity index is 1390. The van der Waals surface area contributed by atoms with Gasteiger partial charge in [0, 0.05) is 23.7 Å². The largest absolute Gasteiger partial charge is 0.505 e. The minimum atomic E-state index is -1.14. The van der Waals surface area contributed by atoms with E-state index in [4.69, 9.17) is 4.74 Å². The number of aliphatic carboxylic acids is 1. The van der Waals surface area contributed by atoms with Crippen LogP contribution in [0.5, 0.6) is 11.5 Å². The van der Waals surface area contributed by atoms with Gasteiger partial charge in [-0.1, -0.05) is 54.6 Å². The summed E-state index contributed by atoms with van der Waals surface area (Å²) in [6, 6.07) is 23.1. The summed E-state index contributed by atoms with van der Waals surface area (Å²) < 4.78 is 6.08. The number of hydrogen-bond acceptors (Lipinski definition) is 5. The second-order valence-corrected chi connectivity index (χ2v) is 8.93. The highest BCUT2D eigenvalue weighted by atomic mass is 16.5. The summed E-state index contributed by atoms with van der Waals surface area (Å²) in [4.78, 5) is 27.7. The Morgan fingerprint density at radius 3 is 2.49 bits per heavy atom. The van der Waals surface area contributed by atoms with Gasteiger partial charge in [0.05, 0.1) is 5.41 Å². The normalized spacial score (nSPS) is 11.3. The number of amides is 1. The number of ether oxygens (including phenoxy) is 1. The van der Waals surface area contributed by atoms with E-state index in [9.17, 15) is 19.8 Å². The van der Waals surface area contributed by atoms with Gasteiger partial charge in [-0.2, -0.15) is 0 Å². The zero-order valence-corrected chi connectivity index (χ0v) is 19.5. The average molecular weight is 471 g/mol. The van der Waals surface area contributed by atoms with E-state index in [1.54, 1.807) is 0 Å². The molecule has 0 unspecified atom stereocenters. The molecule has 0 atom stereocenters. The summed E-state index contributed by atoms with van der Waals surface area (Å²) in [7, 11) is 0. The molecular weight excluding hydrogens is 444 g/mol. The molecule has 0 saturated heterocycles. The zero-order chi connectivity index (χ0) is 25.0. The van der Waals surface area contributed by atoms with Crippen molar-refractivity contribution in [1.29, 1.82) is 0 Å². The van der Waals surface area contributed by atoms with Gasteiger partial charge in [-0.3, -0.25) is 9.59 Å². The molecule has 0 radical (unpaired) electrons. The van der Waals surface area contributed by atoms with Crippen LogP contribution in [0.1, 0.15) is 29.9 Å². The topological polar surface area (TPSA) is 109 Å². The van der Waals surface area contributed by atoms with Crippen molar-refractivity contribution >= 4 is 22.6 Å². The maximum atomic E-state index is 12.4. The molecule has 4 aromatic rings. The van der Waals surface area contributed by atoms with Crippen molar-refractivity contribution < 1.29 is 24.5 Å². The first-order chi connectivity index (χ1) is 16.7. The van der Waals surface area contributed by atoms with Crippen molar-refractivity contribution in [3.63, 3.8) is 0 Å². The molecule has 0 aliphatic heterocycles. The summed E-state index contributed by atoms with van der Waals surface area (Å²) in [5.41, 5.74) is 1.08. The van der Waals surface area contributed by atoms with Gasteiger partial charge in [-0.25, -0.2) is 4.98 Å². The number of carboxylic acids is 1. The second kappa shape index (κ2) is 9.85. The third kappa shape index (κ3) is 5.41. The smallest absolute Gasteiger partial charge is 0.310 e. The van der Waals surface area contributed by atoms with Crippen LogP contribution >= 0.6 is 0 Å². The molecule has 0 bridgehead atoms. The summed E-state index contributed by atoms with van der Waals surface area (Å²) in [6.07, 6.45) is 1.50. The molecular formula is C28H26N2O5. The van der Waals surface area contributed by atoms with Crippen LogP contribution in [0, 0.1) is 5.41 Å². The maximum Gasteiger partial charge on any atom is 0.310 e. The van der Waals surface area contributed by atoms with Gasteiger partial charge in [-0.05, 0) is 48.6 Å². The van der Waals surface area contributed by atoms with Crippen LogP contribution < -0.4 is 10.1 Å². The number of carbonyl (C=O) groups excluding carboxylic acids is 1. The van der Waals surface area contributed by atoms with Crippen LogP contribution in [0.2, 0.25) is 0 Å². The lowest BCUT2D eigenvalue weighted by molar-refractivity contribution is -0.146. The molecule has 7 heteroatoms. The first kappa shape index (κ1) is 23.8. The van der Waals surface area contributed by atoms with Crippen LogP contribution in [0.15, 0.2) is 79.0 Å². The third-order valence-electron chi connectivity index (χ3n) is 5.76. The fourth-order valence-electron chi connectivity index (χ4n) is 3.57. The monoisotopic (exact) mass is 470 g/mol. The fraction of sp³-hybridized carbons (Fsp3) is 0.179. The van der Waals surface area contributed by atoms with Crippen molar-refractivity contribution in [1.82, 2.24) is 10.3 Å². The molecule has 3 aromatic carbocycles. The number of rotatable bonds is 8. The van der Waals surface area contributed by atoms with Crippen LogP contribution in [0.25, 0.3) is 21.9 Å². The van der Waals surface area contributed by atoms with Crippen molar-refractivity contribution in [3.05, 3.63) is 90.3 Å². The van der Waals surface area contributed by atoms with Gasteiger partial charge < -0.3 is 20.3 Å². The van der Waals surface area contributed by atoms with Gasteiger partial charge in [0.1, 0.15) is 18.1 Å². The highest BCUT2D eigenvalue weighted by Gasteiger charge is 2.28. The van der Waals surface area contributed by atoms with Crippen molar-refractivity contribution in [2.45, 2.75) is 20.5 Å². The first-order valence-corrected chi connectivity index (χ1v) is 11.1. The second-order valence-electron chi connectivity index (χ2n) is 8.93. The Kier molecular flexibility index (Phi) is 6.68. The number of nitrogens with one attached hydrogen (secondary N) is 1. The third-order valence-corrected chi connectivity index (χ3v) is 5.76. The lowest BCUT2D eigenvalue weighted by Crippen LogP contribution is -2.39. The van der Waals surface area contributed by atoms with Gasteiger partial charge in [-0.15, -0.1) is 0 Å². The average Bonchev–Trinajstić information content (AvgIpc) is 2.86. The molecule has 4 rings (SSSR count). The first-order valence-electron chi connectivity index (χ1n) is 11.1. The molecule has 7 nitrogen and oxygen atoms in total. The number of carboxylic acid groups (broad SMARTS) is 1. The highest BCUT2D eigenvalue weighted by Crippen LogP contribution is 2.28. The molecule has 0 aliphatic carbocycles. The Morgan fingerprint density at radius 1 is 0.971 bits per heavy atom. The van der Waals surface area contributed by atoms with Crippen LogP contribution in [-0.4, -0.2) is 33.6 Å². The summed E-state index contributed by atoms with van der Waals surface area (Å²) in [6.45, 7) is 3.27. The SMILES string of the molecule is CC(C)(CNC(=O)c1ncc(-c2cccc(COc3cccc4ccccc34)c2)cc1O)C(=O)O. The van der Waals surface area contributed by atoms with E-state index in [2.05, 4.69) is 10.3 Å². The number of fused-ring (bicyclic) bond motifs is 1. The minimum Gasteiger partial charge on any atom is -0.505 e. The number of nitrogens with zero attached hydrogens (tertiary/aromatic N) is 1. The molecule has 0 spiro atoms. The van der Waals surface area contributed by atoms with E-state index in [-0.39, 0.29) is 18.0 Å². The van der Waals surface area contributed by atoms with Gasteiger partial charge in [0.25, 0.3) is 5.91 Å². The number of aromatic nitrogens is 1. The van der Waals surface area contributed by atoms with Crippen molar-refractivity contribution in [2.24, 2.45) is 5.41 Å². The van der Waals surface area contributed by atoms with Crippen molar-refractivity contribution in [3.8, 4) is 22.6 Å². The van der Waals surface area contributed by atoms with Crippen LogP contribution in [0.3, 0.4) is 0 Å². The molecule has 0 saturated carbocycles. The minimum absolute atomic E-state index is 0.0945. The van der Waals surface area contributed by atoms with E-state index < -0.39 is 17.3 Å². The van der Waals surface area contributed by atoms with Crippen molar-refractivity contribution in [2.75, 3.05) is 6.54 Å². The molecule has 0 aliphatic rings. The Hall–Kier alpha value is -4.39. The van der Waals surface area contributed by atoms with E-state index in [0.717, 1.165) is 27.6 Å². The molecule has 35 heavy (non-hydrogen) atoms. The zero-order valence-electron chi connectivity index (χ0n) is 19.5. The Morgan fingerprint density at radius 2 is 1.71 bits per heavy atom. The van der Waals surface area contributed by atoms with E-state index in [0.29, 0.717) is 12.2 Å². The molecule has 1 amide bonds. The summed E-state index contributed by atoms with van der Waals surface area (Å²) in [5.74, 6) is -1.16. The van der Waals surface area contributed by atoms with E-state index in [1.807, 2.05) is 66.7 Å². The lowest BCUT2D eigenvalue weighted by atomic mass is 9.94. The molecule has 3 N–H and O–H groups in total.